The van der Waals surface area contributed by atoms with E-state index in [1.165, 1.54) is 32.6 Å². The van der Waals surface area contributed by atoms with E-state index >= 15 is 0 Å². The molecule has 0 aliphatic rings. The highest BCUT2D eigenvalue weighted by molar-refractivity contribution is 7.80. The molecule has 1 atom stereocenters. The Morgan fingerprint density at radius 1 is 0.625 bits per heavy atom. The topological polar surface area (TPSA) is 41.1 Å². The van der Waals surface area contributed by atoms with Crippen molar-refractivity contribution in [1.29, 1.82) is 0 Å². The number of carbonyl (C=O) groups is 1. The van der Waals surface area contributed by atoms with E-state index in [1.54, 1.807) is 0 Å². The van der Waals surface area contributed by atoms with Crippen molar-refractivity contribution in [3.05, 3.63) is 114 Å². The van der Waals surface area contributed by atoms with Gasteiger partial charge < -0.3 is 10.6 Å². The molecular weight excluding hydrogens is 411 g/mol. The van der Waals surface area contributed by atoms with Crippen molar-refractivity contribution in [3.8, 4) is 0 Å². The Bertz CT molecular complexity index is 1200. The highest BCUT2D eigenvalue weighted by Crippen LogP contribution is 2.36. The van der Waals surface area contributed by atoms with E-state index in [9.17, 15) is 4.79 Å². The van der Waals surface area contributed by atoms with Gasteiger partial charge in [0.2, 0.25) is 0 Å². The highest BCUT2D eigenvalue weighted by atomic mass is 31.1. The summed E-state index contributed by atoms with van der Waals surface area (Å²) in [5, 5.41) is 9.75. The summed E-state index contributed by atoms with van der Waals surface area (Å²) < 4.78 is 0. The van der Waals surface area contributed by atoms with Gasteiger partial charge in [-0.3, -0.25) is 0 Å². The Balaban J connectivity index is 1.69. The Labute approximate surface area is 191 Å². The summed E-state index contributed by atoms with van der Waals surface area (Å²) in [6, 6.07) is 32.6. The lowest BCUT2D eigenvalue weighted by atomic mass is 10.1. The number of amides is 2. The van der Waals surface area contributed by atoms with Crippen molar-refractivity contribution in [2.45, 2.75) is 20.8 Å². The summed E-state index contributed by atoms with van der Waals surface area (Å²) >= 11 is 0. The normalized spacial score (nSPS) is 11.6. The van der Waals surface area contributed by atoms with E-state index in [1.807, 2.05) is 42.5 Å². The van der Waals surface area contributed by atoms with Crippen LogP contribution in [0.25, 0.3) is 0 Å². The summed E-state index contributed by atoms with van der Waals surface area (Å²) in [6.07, 6.45) is 0. The monoisotopic (exact) mass is 438 g/mol. The maximum absolute atomic E-state index is 12.5. The van der Waals surface area contributed by atoms with Crippen molar-refractivity contribution in [3.63, 3.8) is 0 Å². The maximum Gasteiger partial charge on any atom is 0.323 e. The largest absolute Gasteiger partial charge is 0.323 e. The van der Waals surface area contributed by atoms with Gasteiger partial charge in [0.05, 0.1) is 0 Å². The third kappa shape index (κ3) is 5.07. The van der Waals surface area contributed by atoms with Gasteiger partial charge >= 0.3 is 6.03 Å². The zero-order valence-corrected chi connectivity index (χ0v) is 19.5. The van der Waals surface area contributed by atoms with Crippen LogP contribution in [0.2, 0.25) is 0 Å². The van der Waals surface area contributed by atoms with E-state index < -0.39 is 7.92 Å². The van der Waals surface area contributed by atoms with Crippen molar-refractivity contribution < 1.29 is 4.79 Å². The average Bonchev–Trinajstić information content (AvgIpc) is 2.77. The summed E-state index contributed by atoms with van der Waals surface area (Å²) in [6.45, 7) is 6.54. The molecule has 0 saturated heterocycles. The molecule has 160 valence electrons. The highest BCUT2D eigenvalue weighted by Gasteiger charge is 2.21. The van der Waals surface area contributed by atoms with Gasteiger partial charge in [0.1, 0.15) is 0 Å². The summed E-state index contributed by atoms with van der Waals surface area (Å²) in [5.41, 5.74) is 5.43. The van der Waals surface area contributed by atoms with Gasteiger partial charge in [-0.15, -0.1) is 0 Å². The van der Waals surface area contributed by atoms with E-state index in [0.29, 0.717) is 0 Å². The molecule has 0 aromatic heterocycles. The smallest absolute Gasteiger partial charge is 0.308 e. The minimum absolute atomic E-state index is 0.250. The van der Waals surface area contributed by atoms with Crippen LogP contribution in [0, 0.1) is 20.8 Å². The molecule has 0 spiro atoms. The average molecular weight is 439 g/mol. The summed E-state index contributed by atoms with van der Waals surface area (Å²) in [7, 11) is -0.761. The summed E-state index contributed by atoms with van der Waals surface area (Å²) in [4.78, 5) is 12.5. The zero-order chi connectivity index (χ0) is 22.5. The van der Waals surface area contributed by atoms with Gasteiger partial charge in [-0.1, -0.05) is 78.4 Å². The Morgan fingerprint density at radius 2 is 1.16 bits per heavy atom. The van der Waals surface area contributed by atoms with Crippen molar-refractivity contribution in [1.82, 2.24) is 0 Å². The standard InChI is InChI=1S/C28H27N2OP/c1-20-17-21(2)27(22(3)18-20)32(25-14-8-5-9-15-25)26-16-10-13-24(19-26)30-28(31)29-23-11-6-4-7-12-23/h4-19H,1-3H3,(H2,29,30,31). The number of urea groups is 1. The zero-order valence-electron chi connectivity index (χ0n) is 18.6. The molecule has 0 radical (unpaired) electrons. The number of carbonyl (C=O) groups excluding carboxylic acids is 1. The molecule has 2 amide bonds. The molecule has 0 saturated carbocycles. The minimum Gasteiger partial charge on any atom is -0.308 e. The van der Waals surface area contributed by atoms with E-state index in [0.717, 1.165) is 11.4 Å². The molecule has 0 aliphatic heterocycles. The van der Waals surface area contributed by atoms with Crippen LogP contribution < -0.4 is 26.5 Å². The first-order valence-electron chi connectivity index (χ1n) is 10.7. The lowest BCUT2D eigenvalue weighted by Crippen LogP contribution is -2.25. The van der Waals surface area contributed by atoms with Crippen LogP contribution in [0.4, 0.5) is 16.2 Å². The third-order valence-electron chi connectivity index (χ3n) is 5.27. The molecular formula is C28H27N2OP. The fourth-order valence-corrected chi connectivity index (χ4v) is 6.67. The molecule has 0 heterocycles. The second-order valence-corrected chi connectivity index (χ2v) is 10.1. The molecule has 4 rings (SSSR count). The van der Waals surface area contributed by atoms with Crippen LogP contribution in [0.15, 0.2) is 97.1 Å². The second-order valence-electron chi connectivity index (χ2n) is 7.91. The van der Waals surface area contributed by atoms with Crippen molar-refractivity contribution in [2.24, 2.45) is 0 Å². The van der Waals surface area contributed by atoms with E-state index in [2.05, 4.69) is 86.0 Å². The Kier molecular flexibility index (Phi) is 6.68. The lowest BCUT2D eigenvalue weighted by Gasteiger charge is -2.24. The molecule has 3 nitrogen and oxygen atoms in total. The Morgan fingerprint density at radius 3 is 1.81 bits per heavy atom. The number of rotatable bonds is 5. The molecule has 0 aliphatic carbocycles. The van der Waals surface area contributed by atoms with Crippen molar-refractivity contribution >= 4 is 41.2 Å². The quantitative estimate of drug-likeness (QED) is 0.368. The van der Waals surface area contributed by atoms with Crippen LogP contribution in [-0.4, -0.2) is 6.03 Å². The fourth-order valence-electron chi connectivity index (χ4n) is 4.05. The number of para-hydroxylation sites is 1. The van der Waals surface area contributed by atoms with Gasteiger partial charge in [0.25, 0.3) is 0 Å². The van der Waals surface area contributed by atoms with Gasteiger partial charge in [-0.2, -0.15) is 0 Å². The first-order chi connectivity index (χ1) is 15.5. The molecule has 1 unspecified atom stereocenters. The van der Waals surface area contributed by atoms with Gasteiger partial charge in [0, 0.05) is 11.4 Å². The minimum atomic E-state index is -0.761. The third-order valence-corrected chi connectivity index (χ3v) is 8.03. The first-order valence-corrected chi connectivity index (χ1v) is 12.0. The number of hydrogen-bond acceptors (Lipinski definition) is 1. The van der Waals surface area contributed by atoms with Gasteiger partial charge in [-0.05, 0) is 80.0 Å². The number of hydrogen-bond donors (Lipinski definition) is 2. The molecule has 4 aromatic carbocycles. The van der Waals surface area contributed by atoms with Crippen LogP contribution >= 0.6 is 7.92 Å². The lowest BCUT2D eigenvalue weighted by molar-refractivity contribution is 0.262. The Hall–Kier alpha value is -3.42. The summed E-state index contributed by atoms with van der Waals surface area (Å²) in [5.74, 6) is 0. The van der Waals surface area contributed by atoms with Crippen molar-refractivity contribution in [2.75, 3.05) is 10.6 Å². The number of benzene rings is 4. The predicted octanol–water partition coefficient (Wildman–Crippen LogP) is 6.01. The number of anilines is 2. The van der Waals surface area contributed by atoms with Gasteiger partial charge in [0.15, 0.2) is 0 Å². The second kappa shape index (κ2) is 9.80. The van der Waals surface area contributed by atoms with Crippen LogP contribution in [0.5, 0.6) is 0 Å². The molecule has 32 heavy (non-hydrogen) atoms. The predicted molar refractivity (Wildman–Crippen MR) is 138 cm³/mol. The SMILES string of the molecule is Cc1cc(C)c(P(c2ccccc2)c2cccc(NC(=O)Nc3ccccc3)c2)c(C)c1. The maximum atomic E-state index is 12.5. The van der Waals surface area contributed by atoms with Crippen LogP contribution in [0.1, 0.15) is 16.7 Å². The van der Waals surface area contributed by atoms with E-state index in [4.69, 9.17) is 0 Å². The van der Waals surface area contributed by atoms with Gasteiger partial charge in [-0.25, -0.2) is 4.79 Å². The van der Waals surface area contributed by atoms with Crippen LogP contribution in [0.3, 0.4) is 0 Å². The van der Waals surface area contributed by atoms with Crippen LogP contribution in [-0.2, 0) is 0 Å². The molecule has 4 heteroatoms. The first kappa shape index (κ1) is 21.8. The fraction of sp³-hybridized carbons (Fsp3) is 0.107. The molecule has 4 aromatic rings. The number of aryl methyl sites for hydroxylation is 3. The number of nitrogens with one attached hydrogen (secondary N) is 2. The molecule has 0 fully saturated rings. The van der Waals surface area contributed by atoms with E-state index in [-0.39, 0.29) is 6.03 Å². The molecule has 0 bridgehead atoms. The molecule has 2 N–H and O–H groups in total.